The Morgan fingerprint density at radius 2 is 0.768 bits per heavy atom. The molecule has 0 aromatic heterocycles. The fourth-order valence-electron chi connectivity index (χ4n) is 7.60. The van der Waals surface area contributed by atoms with Crippen molar-refractivity contribution in [2.45, 2.75) is 166 Å². The Morgan fingerprint density at radius 3 is 1.18 bits per heavy atom. The molecular formula is C50H68O6. The van der Waals surface area contributed by atoms with Crippen LogP contribution in [0.5, 0.6) is 0 Å². The molecule has 1 unspecified atom stereocenters. The van der Waals surface area contributed by atoms with E-state index in [0.29, 0.717) is 32.8 Å². The average Bonchev–Trinajstić information content (AvgIpc) is 3.25. The van der Waals surface area contributed by atoms with Crippen LogP contribution < -0.4 is 0 Å². The van der Waals surface area contributed by atoms with Gasteiger partial charge in [-0.15, -0.1) is 0 Å². The smallest absolute Gasteiger partial charge is 0.187 e. The molecule has 6 atom stereocenters. The van der Waals surface area contributed by atoms with E-state index in [9.17, 15) is 5.11 Å². The Bertz CT molecular complexity index is 1520. The molecule has 1 heterocycles. The summed E-state index contributed by atoms with van der Waals surface area (Å²) in [6, 6.07) is 40.5. The van der Waals surface area contributed by atoms with Gasteiger partial charge in [-0.25, -0.2) is 0 Å². The van der Waals surface area contributed by atoms with Crippen molar-refractivity contribution in [2.24, 2.45) is 0 Å². The summed E-state index contributed by atoms with van der Waals surface area (Å²) in [5.41, 5.74) is 4.15. The van der Waals surface area contributed by atoms with Gasteiger partial charge in [-0.2, -0.15) is 0 Å². The highest BCUT2D eigenvalue weighted by Gasteiger charge is 2.51. The number of benzene rings is 4. The summed E-state index contributed by atoms with van der Waals surface area (Å²) in [5, 5.41) is 12.0. The standard InChI is InChI=1S/C50H68O6/c1-2-3-4-5-6-7-8-9-10-11-12-13-14-27-36-45(51)46-47(52-37-41-28-19-15-20-29-41)48(53-38-42-30-21-16-22-31-42)49(54-39-43-32-23-17-24-33-43)50(56-46)55-40-44-34-25-18-26-35-44/h15-26,28-35,45-51H,2-14,27,36-40H2,1H3/t45?,46-,47-,48+,49-,50-/m1/s1. The van der Waals surface area contributed by atoms with Gasteiger partial charge in [-0.05, 0) is 28.7 Å². The van der Waals surface area contributed by atoms with Gasteiger partial charge in [0, 0.05) is 0 Å². The molecule has 0 radical (unpaired) electrons. The lowest BCUT2D eigenvalue weighted by Gasteiger charge is -2.47. The average molecular weight is 765 g/mol. The summed E-state index contributed by atoms with van der Waals surface area (Å²) in [7, 11) is 0. The van der Waals surface area contributed by atoms with Crippen LogP contribution in [0.4, 0.5) is 0 Å². The molecule has 4 aromatic carbocycles. The molecule has 0 bridgehead atoms. The number of aliphatic hydroxyl groups excluding tert-OH is 1. The summed E-state index contributed by atoms with van der Waals surface area (Å²) in [4.78, 5) is 0. The Labute approximate surface area is 337 Å². The van der Waals surface area contributed by atoms with Gasteiger partial charge in [-0.1, -0.05) is 218 Å². The van der Waals surface area contributed by atoms with Crippen molar-refractivity contribution >= 4 is 0 Å². The number of ether oxygens (including phenoxy) is 5. The van der Waals surface area contributed by atoms with Crippen LogP contribution in [0.15, 0.2) is 121 Å². The van der Waals surface area contributed by atoms with Crippen molar-refractivity contribution in [2.75, 3.05) is 0 Å². The van der Waals surface area contributed by atoms with E-state index >= 15 is 0 Å². The number of unbranched alkanes of at least 4 members (excludes halogenated alkanes) is 13. The summed E-state index contributed by atoms with van der Waals surface area (Å²) in [5.74, 6) is 0. The van der Waals surface area contributed by atoms with Crippen molar-refractivity contribution in [1.29, 1.82) is 0 Å². The highest BCUT2D eigenvalue weighted by atomic mass is 16.7. The number of rotatable bonds is 28. The largest absolute Gasteiger partial charge is 0.390 e. The Balaban J connectivity index is 1.26. The van der Waals surface area contributed by atoms with Crippen molar-refractivity contribution in [3.05, 3.63) is 144 Å². The topological polar surface area (TPSA) is 66.4 Å². The summed E-state index contributed by atoms with van der Waals surface area (Å²) >= 11 is 0. The first-order chi connectivity index (χ1) is 27.7. The van der Waals surface area contributed by atoms with Crippen molar-refractivity contribution < 1.29 is 28.8 Å². The molecule has 1 aliphatic heterocycles. The molecule has 0 amide bonds. The molecule has 1 saturated heterocycles. The maximum atomic E-state index is 12.0. The molecule has 0 aliphatic carbocycles. The van der Waals surface area contributed by atoms with E-state index in [2.05, 4.69) is 43.3 Å². The third-order valence-corrected chi connectivity index (χ3v) is 10.9. The molecule has 6 nitrogen and oxygen atoms in total. The van der Waals surface area contributed by atoms with Gasteiger partial charge < -0.3 is 28.8 Å². The first-order valence-corrected chi connectivity index (χ1v) is 21.7. The SMILES string of the molecule is CCCCCCCCCCCCCCCCC(O)[C@H]1O[C@@H](OCc2ccccc2)[C@H](OCc2ccccc2)[C@@H](OCc2ccccc2)[C@@H]1OCc1ccccc1. The van der Waals surface area contributed by atoms with Crippen molar-refractivity contribution in [3.63, 3.8) is 0 Å². The van der Waals surface area contributed by atoms with Crippen molar-refractivity contribution in [1.82, 2.24) is 0 Å². The van der Waals surface area contributed by atoms with Crippen LogP contribution in [-0.4, -0.2) is 41.9 Å². The van der Waals surface area contributed by atoms with E-state index in [0.717, 1.165) is 35.1 Å². The Kier molecular flexibility index (Phi) is 20.7. The quantitative estimate of drug-likeness (QED) is 0.0581. The summed E-state index contributed by atoms with van der Waals surface area (Å²) in [6.45, 7) is 3.67. The zero-order valence-corrected chi connectivity index (χ0v) is 33.9. The molecule has 4 aromatic rings. The van der Waals surface area contributed by atoms with E-state index in [1.54, 1.807) is 0 Å². The molecule has 0 spiro atoms. The van der Waals surface area contributed by atoms with E-state index in [4.69, 9.17) is 23.7 Å². The van der Waals surface area contributed by atoms with Crippen LogP contribution in [-0.2, 0) is 50.1 Å². The predicted molar refractivity (Wildman–Crippen MR) is 226 cm³/mol. The normalized spacial score (nSPS) is 20.2. The van der Waals surface area contributed by atoms with Crippen LogP contribution in [0.25, 0.3) is 0 Å². The van der Waals surface area contributed by atoms with Crippen molar-refractivity contribution in [3.8, 4) is 0 Å². The summed E-state index contributed by atoms with van der Waals surface area (Å²) in [6.07, 6.45) is 14.6. The molecule has 56 heavy (non-hydrogen) atoms. The summed E-state index contributed by atoms with van der Waals surface area (Å²) < 4.78 is 33.7. The zero-order chi connectivity index (χ0) is 38.9. The second-order valence-corrected chi connectivity index (χ2v) is 15.5. The maximum Gasteiger partial charge on any atom is 0.187 e. The van der Waals surface area contributed by atoms with E-state index < -0.39 is 36.8 Å². The molecule has 5 rings (SSSR count). The zero-order valence-electron chi connectivity index (χ0n) is 33.9. The number of hydrogen-bond donors (Lipinski definition) is 1. The second-order valence-electron chi connectivity index (χ2n) is 15.5. The Hall–Kier alpha value is -3.36. The molecule has 1 aliphatic rings. The van der Waals surface area contributed by atoms with Gasteiger partial charge in [0.25, 0.3) is 0 Å². The molecule has 6 heteroatoms. The highest BCUT2D eigenvalue weighted by Crippen LogP contribution is 2.34. The van der Waals surface area contributed by atoms with Crippen LogP contribution in [0.1, 0.15) is 125 Å². The van der Waals surface area contributed by atoms with Crippen LogP contribution in [0.3, 0.4) is 0 Å². The van der Waals surface area contributed by atoms with Gasteiger partial charge in [0.05, 0.1) is 32.5 Å². The lowest BCUT2D eigenvalue weighted by Crippen LogP contribution is -2.63. The fourth-order valence-corrected chi connectivity index (χ4v) is 7.60. The molecular weight excluding hydrogens is 697 g/mol. The van der Waals surface area contributed by atoms with Gasteiger partial charge in [-0.3, -0.25) is 0 Å². The molecule has 1 N–H and O–H groups in total. The Morgan fingerprint density at radius 1 is 0.429 bits per heavy atom. The van der Waals surface area contributed by atoms with E-state index in [1.807, 2.05) is 84.9 Å². The molecule has 0 saturated carbocycles. The minimum atomic E-state index is -0.799. The first kappa shape index (κ1) is 43.8. The van der Waals surface area contributed by atoms with Gasteiger partial charge in [0.15, 0.2) is 6.29 Å². The van der Waals surface area contributed by atoms with E-state index in [1.165, 1.54) is 77.0 Å². The van der Waals surface area contributed by atoms with Gasteiger partial charge >= 0.3 is 0 Å². The number of hydrogen-bond acceptors (Lipinski definition) is 6. The fraction of sp³-hybridized carbons (Fsp3) is 0.520. The minimum Gasteiger partial charge on any atom is -0.390 e. The lowest BCUT2D eigenvalue weighted by atomic mass is 9.92. The maximum absolute atomic E-state index is 12.0. The highest BCUT2D eigenvalue weighted by molar-refractivity contribution is 5.16. The van der Waals surface area contributed by atoms with Gasteiger partial charge in [0.2, 0.25) is 0 Å². The molecule has 1 fully saturated rings. The first-order valence-electron chi connectivity index (χ1n) is 21.7. The van der Waals surface area contributed by atoms with Gasteiger partial charge in [0.1, 0.15) is 24.4 Å². The van der Waals surface area contributed by atoms with E-state index in [-0.39, 0.29) is 0 Å². The third-order valence-electron chi connectivity index (χ3n) is 10.9. The second kappa shape index (κ2) is 26.5. The van der Waals surface area contributed by atoms with Crippen LogP contribution in [0.2, 0.25) is 0 Å². The van der Waals surface area contributed by atoms with Crippen LogP contribution in [0, 0.1) is 0 Å². The molecule has 304 valence electrons. The van der Waals surface area contributed by atoms with Crippen LogP contribution >= 0.6 is 0 Å². The third kappa shape index (κ3) is 15.9. The lowest BCUT2D eigenvalue weighted by molar-refractivity contribution is -0.337. The predicted octanol–water partition coefficient (Wildman–Crippen LogP) is 11.9. The minimum absolute atomic E-state index is 0.333. The monoisotopic (exact) mass is 765 g/mol. The number of aliphatic hydroxyl groups is 1.